The first-order chi connectivity index (χ1) is 16.9. The van der Waals surface area contributed by atoms with Crippen LogP contribution in [0.5, 0.6) is 11.5 Å². The molecule has 1 saturated carbocycles. The zero-order valence-corrected chi connectivity index (χ0v) is 19.7. The van der Waals surface area contributed by atoms with Crippen LogP contribution in [0.25, 0.3) is 11.1 Å². The Balaban J connectivity index is 1.39. The molecule has 0 aliphatic heterocycles. The lowest BCUT2D eigenvalue weighted by molar-refractivity contribution is 0.0189. The van der Waals surface area contributed by atoms with E-state index in [0.717, 1.165) is 6.07 Å². The summed E-state index contributed by atoms with van der Waals surface area (Å²) in [6.07, 6.45) is 1.62. The average Bonchev–Trinajstić information content (AvgIpc) is 2.86. The van der Waals surface area contributed by atoms with Crippen LogP contribution in [0.3, 0.4) is 0 Å². The first-order valence-corrected chi connectivity index (χ1v) is 11.7. The number of methoxy groups -OCH3 is 1. The summed E-state index contributed by atoms with van der Waals surface area (Å²) in [5.41, 5.74) is 0.916. The van der Waals surface area contributed by atoms with Crippen LogP contribution in [-0.2, 0) is 4.74 Å². The second kappa shape index (κ2) is 10.8. The van der Waals surface area contributed by atoms with Crippen molar-refractivity contribution in [2.75, 3.05) is 13.7 Å². The van der Waals surface area contributed by atoms with Crippen LogP contribution in [0.4, 0.5) is 13.2 Å². The molecule has 3 aromatic rings. The highest BCUT2D eigenvalue weighted by Crippen LogP contribution is 2.38. The minimum Gasteiger partial charge on any atom is -0.497 e. The summed E-state index contributed by atoms with van der Waals surface area (Å²) in [5, 5.41) is 0. The van der Waals surface area contributed by atoms with Gasteiger partial charge in [0, 0.05) is 11.6 Å². The van der Waals surface area contributed by atoms with E-state index in [1.54, 1.807) is 43.3 Å². The quantitative estimate of drug-likeness (QED) is 0.337. The van der Waals surface area contributed by atoms with Crippen molar-refractivity contribution in [3.63, 3.8) is 0 Å². The first-order valence-electron chi connectivity index (χ1n) is 11.7. The maximum atomic E-state index is 15.0. The fourth-order valence-electron chi connectivity index (χ4n) is 4.50. The molecule has 3 aromatic carbocycles. The van der Waals surface area contributed by atoms with Gasteiger partial charge in [0.2, 0.25) is 0 Å². The van der Waals surface area contributed by atoms with Gasteiger partial charge in [0.15, 0.2) is 11.6 Å². The van der Waals surface area contributed by atoms with Gasteiger partial charge in [-0.05, 0) is 73.9 Å². The largest absolute Gasteiger partial charge is 0.497 e. The van der Waals surface area contributed by atoms with Gasteiger partial charge in [-0.25, -0.2) is 18.0 Å². The van der Waals surface area contributed by atoms with Gasteiger partial charge < -0.3 is 14.2 Å². The molecular weight excluding hydrogens is 457 g/mol. The Morgan fingerprint density at radius 2 is 1.57 bits per heavy atom. The van der Waals surface area contributed by atoms with Gasteiger partial charge in [-0.1, -0.05) is 24.3 Å². The molecule has 0 N–H and O–H groups in total. The summed E-state index contributed by atoms with van der Waals surface area (Å²) >= 11 is 0. The van der Waals surface area contributed by atoms with E-state index < -0.39 is 29.5 Å². The number of esters is 1. The molecule has 7 heteroatoms. The minimum absolute atomic E-state index is 0.155. The first kappa shape index (κ1) is 24.6. The minimum atomic E-state index is -0.882. The van der Waals surface area contributed by atoms with Crippen molar-refractivity contribution in [1.29, 1.82) is 0 Å². The van der Waals surface area contributed by atoms with Gasteiger partial charge in [-0.3, -0.25) is 0 Å². The zero-order valence-electron chi connectivity index (χ0n) is 19.7. The lowest BCUT2D eigenvalue weighted by atomic mass is 9.82. The fraction of sp³-hybridized carbons (Fsp3) is 0.321. The Labute approximate surface area is 202 Å². The number of benzene rings is 3. The van der Waals surface area contributed by atoms with Crippen molar-refractivity contribution >= 4 is 5.97 Å². The van der Waals surface area contributed by atoms with Crippen LogP contribution in [-0.4, -0.2) is 25.8 Å². The molecule has 184 valence electrons. The number of ether oxygens (including phenoxy) is 3. The molecule has 0 atom stereocenters. The molecule has 0 saturated heterocycles. The third-order valence-corrected chi connectivity index (χ3v) is 6.37. The number of carbonyl (C=O) groups excluding carboxylic acids is 1. The number of hydrogen-bond donors (Lipinski definition) is 0. The lowest BCUT2D eigenvalue weighted by Crippen LogP contribution is -2.24. The lowest BCUT2D eigenvalue weighted by Gasteiger charge is -2.29. The van der Waals surface area contributed by atoms with Gasteiger partial charge in [0.05, 0.1) is 19.3 Å². The summed E-state index contributed by atoms with van der Waals surface area (Å²) in [4.78, 5) is 12.4. The van der Waals surface area contributed by atoms with E-state index in [-0.39, 0.29) is 17.0 Å². The molecule has 1 fully saturated rings. The molecule has 4 rings (SSSR count). The standard InChI is InChI=1S/C28H27F3O4/c1-3-34-21-12-13-24(25(29)16-21)28(32)35-20-10-6-18(7-11-20)23-15-14-22(26(30)27(23)31)17-4-8-19(33-2)9-5-17/h4-5,8-9,12-16,18,20H,3,6-7,10-11H2,1-2H3. The van der Waals surface area contributed by atoms with Crippen molar-refractivity contribution in [2.45, 2.75) is 44.6 Å². The van der Waals surface area contributed by atoms with Crippen LogP contribution in [0.1, 0.15) is 54.4 Å². The molecule has 1 aliphatic rings. The zero-order chi connectivity index (χ0) is 24.9. The van der Waals surface area contributed by atoms with Crippen LogP contribution in [0, 0.1) is 17.5 Å². The van der Waals surface area contributed by atoms with Crippen LogP contribution >= 0.6 is 0 Å². The monoisotopic (exact) mass is 484 g/mol. The van der Waals surface area contributed by atoms with E-state index in [0.29, 0.717) is 54.9 Å². The number of hydrogen-bond acceptors (Lipinski definition) is 4. The highest BCUT2D eigenvalue weighted by atomic mass is 19.2. The van der Waals surface area contributed by atoms with Crippen molar-refractivity contribution in [3.05, 3.63) is 83.2 Å². The molecule has 0 bridgehead atoms. The van der Waals surface area contributed by atoms with E-state index >= 15 is 4.39 Å². The van der Waals surface area contributed by atoms with Gasteiger partial charge in [0.25, 0.3) is 0 Å². The Kier molecular flexibility index (Phi) is 7.63. The van der Waals surface area contributed by atoms with E-state index in [9.17, 15) is 13.6 Å². The molecular formula is C28H27F3O4. The normalized spacial score (nSPS) is 17.6. The fourth-order valence-corrected chi connectivity index (χ4v) is 4.50. The Morgan fingerprint density at radius 1 is 0.886 bits per heavy atom. The smallest absolute Gasteiger partial charge is 0.341 e. The van der Waals surface area contributed by atoms with Gasteiger partial charge in [-0.15, -0.1) is 0 Å². The molecule has 0 spiro atoms. The van der Waals surface area contributed by atoms with Crippen molar-refractivity contribution < 1.29 is 32.2 Å². The highest BCUT2D eigenvalue weighted by Gasteiger charge is 2.29. The third-order valence-electron chi connectivity index (χ3n) is 6.37. The molecule has 0 unspecified atom stereocenters. The predicted molar refractivity (Wildman–Crippen MR) is 126 cm³/mol. The average molecular weight is 485 g/mol. The predicted octanol–water partition coefficient (Wildman–Crippen LogP) is 7.06. The van der Waals surface area contributed by atoms with Gasteiger partial charge >= 0.3 is 5.97 Å². The van der Waals surface area contributed by atoms with Crippen molar-refractivity contribution in [3.8, 4) is 22.6 Å². The van der Waals surface area contributed by atoms with E-state index in [1.165, 1.54) is 19.2 Å². The maximum Gasteiger partial charge on any atom is 0.341 e. The maximum absolute atomic E-state index is 15.0. The van der Waals surface area contributed by atoms with Crippen LogP contribution in [0.2, 0.25) is 0 Å². The summed E-state index contributed by atoms with van der Waals surface area (Å²) in [5.74, 6) is -2.39. The second-order valence-corrected chi connectivity index (χ2v) is 8.51. The molecule has 35 heavy (non-hydrogen) atoms. The molecule has 0 heterocycles. The van der Waals surface area contributed by atoms with Crippen molar-refractivity contribution in [1.82, 2.24) is 0 Å². The van der Waals surface area contributed by atoms with E-state index in [4.69, 9.17) is 14.2 Å². The number of carbonyl (C=O) groups is 1. The molecule has 0 radical (unpaired) electrons. The molecule has 1 aliphatic carbocycles. The summed E-state index contributed by atoms with van der Waals surface area (Å²) in [6, 6.07) is 14.0. The Hall–Kier alpha value is -3.48. The Bertz CT molecular complexity index is 1190. The Morgan fingerprint density at radius 3 is 2.20 bits per heavy atom. The van der Waals surface area contributed by atoms with E-state index in [1.807, 2.05) is 0 Å². The van der Waals surface area contributed by atoms with Crippen LogP contribution < -0.4 is 9.47 Å². The summed E-state index contributed by atoms with van der Waals surface area (Å²) in [6.45, 7) is 2.17. The number of rotatable bonds is 7. The van der Waals surface area contributed by atoms with E-state index in [2.05, 4.69) is 0 Å². The number of halogens is 3. The third kappa shape index (κ3) is 5.45. The van der Waals surface area contributed by atoms with Gasteiger partial charge in [-0.2, -0.15) is 0 Å². The SMILES string of the molecule is CCOc1ccc(C(=O)OC2CCC(c3ccc(-c4ccc(OC)cc4)c(F)c3F)CC2)c(F)c1. The molecule has 4 nitrogen and oxygen atoms in total. The van der Waals surface area contributed by atoms with Crippen molar-refractivity contribution in [2.24, 2.45) is 0 Å². The molecule has 0 aromatic heterocycles. The molecule has 0 amide bonds. The summed E-state index contributed by atoms with van der Waals surface area (Å²) < 4.78 is 60.0. The van der Waals surface area contributed by atoms with Crippen LogP contribution in [0.15, 0.2) is 54.6 Å². The second-order valence-electron chi connectivity index (χ2n) is 8.51. The van der Waals surface area contributed by atoms with Gasteiger partial charge in [0.1, 0.15) is 23.4 Å². The summed E-state index contributed by atoms with van der Waals surface area (Å²) in [7, 11) is 1.54. The topological polar surface area (TPSA) is 44.8 Å². The highest BCUT2D eigenvalue weighted by molar-refractivity contribution is 5.90.